The lowest BCUT2D eigenvalue weighted by molar-refractivity contribution is 0.295. The normalized spacial score (nSPS) is 10.3. The molecule has 0 unspecified atom stereocenters. The molecule has 0 atom stereocenters. The van der Waals surface area contributed by atoms with Crippen molar-refractivity contribution in [1.29, 1.82) is 0 Å². The van der Waals surface area contributed by atoms with Gasteiger partial charge in [0.1, 0.15) is 0 Å². The van der Waals surface area contributed by atoms with Crippen molar-refractivity contribution in [3.63, 3.8) is 0 Å². The summed E-state index contributed by atoms with van der Waals surface area (Å²) in [5, 5.41) is 0. The molecule has 0 N–H and O–H groups in total. The third-order valence-corrected chi connectivity index (χ3v) is 3.73. The summed E-state index contributed by atoms with van der Waals surface area (Å²) < 4.78 is 12.0. The van der Waals surface area contributed by atoms with Gasteiger partial charge in [-0.05, 0) is 51.3 Å². The van der Waals surface area contributed by atoms with E-state index < -0.39 is 0 Å². The van der Waals surface area contributed by atoms with Gasteiger partial charge in [0.2, 0.25) is 0 Å². The van der Waals surface area contributed by atoms with Crippen molar-refractivity contribution in [2.75, 3.05) is 13.7 Å². The molecule has 1 aromatic heterocycles. The number of halogens is 2. The van der Waals surface area contributed by atoms with Gasteiger partial charge in [-0.15, -0.1) is 11.6 Å². The summed E-state index contributed by atoms with van der Waals surface area (Å²) in [6.07, 6.45) is 4.37. The van der Waals surface area contributed by atoms with Crippen LogP contribution in [0.3, 0.4) is 0 Å². The third-order valence-electron chi connectivity index (χ3n) is 2.83. The summed E-state index contributed by atoms with van der Waals surface area (Å²) in [5.74, 6) is 1.83. The molecule has 0 radical (unpaired) electrons. The van der Waals surface area contributed by atoms with E-state index in [4.69, 9.17) is 21.1 Å². The number of hydrogen-bond donors (Lipinski definition) is 0. The predicted molar refractivity (Wildman–Crippen MR) is 83.7 cm³/mol. The Balaban J connectivity index is 2.05. The third kappa shape index (κ3) is 3.87. The minimum atomic E-state index is 0.437. The van der Waals surface area contributed by atoms with E-state index in [-0.39, 0.29) is 0 Å². The standard InChI is InChI=1S/C15H15BrClNO2/c1-19-14-9-12(10-17)8-13(16)15(14)20-7-4-11-2-5-18-6-3-11/h2-3,5-6,8-9H,4,7,10H2,1H3. The van der Waals surface area contributed by atoms with Crippen LogP contribution in [0.1, 0.15) is 11.1 Å². The summed E-state index contributed by atoms with van der Waals surface area (Å²) >= 11 is 9.33. The first-order valence-electron chi connectivity index (χ1n) is 6.18. The molecule has 0 bridgehead atoms. The molecule has 0 aliphatic heterocycles. The molecular weight excluding hydrogens is 342 g/mol. The Morgan fingerprint density at radius 1 is 1.20 bits per heavy atom. The zero-order valence-corrected chi connectivity index (χ0v) is 13.4. The van der Waals surface area contributed by atoms with Crippen molar-refractivity contribution in [2.24, 2.45) is 0 Å². The SMILES string of the molecule is COc1cc(CCl)cc(Br)c1OCCc1ccncc1. The quantitative estimate of drug-likeness (QED) is 0.726. The fourth-order valence-corrected chi connectivity index (χ4v) is 2.57. The van der Waals surface area contributed by atoms with Crippen LogP contribution in [0.5, 0.6) is 11.5 Å². The van der Waals surface area contributed by atoms with Crippen LogP contribution in [-0.2, 0) is 12.3 Å². The van der Waals surface area contributed by atoms with Gasteiger partial charge >= 0.3 is 0 Å². The van der Waals surface area contributed by atoms with Crippen LogP contribution >= 0.6 is 27.5 Å². The fourth-order valence-electron chi connectivity index (χ4n) is 1.81. The van der Waals surface area contributed by atoms with Crippen LogP contribution in [-0.4, -0.2) is 18.7 Å². The lowest BCUT2D eigenvalue weighted by Gasteiger charge is -2.13. The maximum atomic E-state index is 5.84. The van der Waals surface area contributed by atoms with Gasteiger partial charge in [-0.1, -0.05) is 0 Å². The molecule has 1 heterocycles. The number of hydrogen-bond acceptors (Lipinski definition) is 3. The Labute approximate surface area is 132 Å². The van der Waals surface area contributed by atoms with Crippen LogP contribution in [0, 0.1) is 0 Å². The van der Waals surface area contributed by atoms with Crippen LogP contribution in [0.25, 0.3) is 0 Å². The molecule has 0 aliphatic rings. The first kappa shape index (κ1) is 15.1. The molecule has 0 saturated carbocycles. The van der Waals surface area contributed by atoms with Crippen LogP contribution < -0.4 is 9.47 Å². The summed E-state index contributed by atoms with van der Waals surface area (Å²) in [6.45, 7) is 0.569. The molecule has 0 amide bonds. The number of ether oxygens (including phenoxy) is 2. The number of nitrogens with zero attached hydrogens (tertiary/aromatic N) is 1. The minimum absolute atomic E-state index is 0.437. The summed E-state index contributed by atoms with van der Waals surface area (Å²) in [7, 11) is 1.62. The van der Waals surface area contributed by atoms with Crippen LogP contribution in [0.4, 0.5) is 0 Å². The lowest BCUT2D eigenvalue weighted by atomic mass is 10.2. The number of rotatable bonds is 6. The fraction of sp³-hybridized carbons (Fsp3) is 0.267. The van der Waals surface area contributed by atoms with E-state index in [9.17, 15) is 0 Å². The van der Waals surface area contributed by atoms with Crippen molar-refractivity contribution in [3.8, 4) is 11.5 Å². The van der Waals surface area contributed by atoms with E-state index in [0.717, 1.165) is 16.5 Å². The molecule has 1 aromatic carbocycles. The summed E-state index contributed by atoms with van der Waals surface area (Å²) in [5.41, 5.74) is 2.17. The zero-order valence-electron chi connectivity index (χ0n) is 11.1. The van der Waals surface area contributed by atoms with Crippen LogP contribution in [0.15, 0.2) is 41.1 Å². The lowest BCUT2D eigenvalue weighted by Crippen LogP contribution is -2.03. The highest BCUT2D eigenvalue weighted by Crippen LogP contribution is 2.37. The zero-order chi connectivity index (χ0) is 14.4. The van der Waals surface area contributed by atoms with E-state index in [0.29, 0.717) is 24.0 Å². The molecule has 0 spiro atoms. The smallest absolute Gasteiger partial charge is 0.175 e. The number of alkyl halides is 1. The van der Waals surface area contributed by atoms with Crippen molar-refractivity contribution >= 4 is 27.5 Å². The van der Waals surface area contributed by atoms with E-state index in [1.54, 1.807) is 19.5 Å². The van der Waals surface area contributed by atoms with Gasteiger partial charge in [0.25, 0.3) is 0 Å². The molecule has 0 fully saturated rings. The maximum absolute atomic E-state index is 5.84. The Kier molecular flexibility index (Phi) is 5.68. The second kappa shape index (κ2) is 7.50. The number of benzene rings is 1. The average Bonchev–Trinajstić information content (AvgIpc) is 2.49. The Morgan fingerprint density at radius 3 is 2.60 bits per heavy atom. The molecule has 0 saturated heterocycles. The van der Waals surface area contributed by atoms with Crippen molar-refractivity contribution in [1.82, 2.24) is 4.98 Å². The highest BCUT2D eigenvalue weighted by atomic mass is 79.9. The minimum Gasteiger partial charge on any atom is -0.493 e. The largest absolute Gasteiger partial charge is 0.493 e. The Bertz CT molecular complexity index is 563. The van der Waals surface area contributed by atoms with Crippen LogP contribution in [0.2, 0.25) is 0 Å². The van der Waals surface area contributed by atoms with E-state index in [1.807, 2.05) is 24.3 Å². The average molecular weight is 357 g/mol. The van der Waals surface area contributed by atoms with Crippen molar-refractivity contribution < 1.29 is 9.47 Å². The molecule has 5 heteroatoms. The molecule has 3 nitrogen and oxygen atoms in total. The second-order valence-electron chi connectivity index (χ2n) is 4.20. The first-order valence-corrected chi connectivity index (χ1v) is 7.51. The number of methoxy groups -OCH3 is 1. The Hall–Kier alpha value is -1.26. The van der Waals surface area contributed by atoms with Crippen molar-refractivity contribution in [3.05, 3.63) is 52.3 Å². The molecule has 20 heavy (non-hydrogen) atoms. The van der Waals surface area contributed by atoms with Gasteiger partial charge < -0.3 is 9.47 Å². The highest BCUT2D eigenvalue weighted by Gasteiger charge is 2.11. The van der Waals surface area contributed by atoms with Gasteiger partial charge in [0.05, 0.1) is 18.2 Å². The van der Waals surface area contributed by atoms with Gasteiger partial charge in [0, 0.05) is 24.7 Å². The van der Waals surface area contributed by atoms with E-state index in [1.165, 1.54) is 5.56 Å². The first-order chi connectivity index (χ1) is 9.74. The molecular formula is C15H15BrClNO2. The van der Waals surface area contributed by atoms with E-state index in [2.05, 4.69) is 20.9 Å². The van der Waals surface area contributed by atoms with Gasteiger partial charge in [-0.2, -0.15) is 0 Å². The molecule has 106 valence electrons. The number of aromatic nitrogens is 1. The second-order valence-corrected chi connectivity index (χ2v) is 5.32. The molecule has 0 aliphatic carbocycles. The van der Waals surface area contributed by atoms with Gasteiger partial charge in [0.15, 0.2) is 11.5 Å². The van der Waals surface area contributed by atoms with Gasteiger partial charge in [-0.25, -0.2) is 0 Å². The molecule has 2 rings (SSSR count). The highest BCUT2D eigenvalue weighted by molar-refractivity contribution is 9.10. The molecule has 2 aromatic rings. The Morgan fingerprint density at radius 2 is 1.95 bits per heavy atom. The summed E-state index contributed by atoms with van der Waals surface area (Å²) in [6, 6.07) is 7.79. The van der Waals surface area contributed by atoms with Crippen molar-refractivity contribution in [2.45, 2.75) is 12.3 Å². The topological polar surface area (TPSA) is 31.4 Å². The van der Waals surface area contributed by atoms with E-state index >= 15 is 0 Å². The monoisotopic (exact) mass is 355 g/mol. The van der Waals surface area contributed by atoms with Gasteiger partial charge in [-0.3, -0.25) is 4.98 Å². The number of pyridine rings is 1. The summed E-state index contributed by atoms with van der Waals surface area (Å²) in [4.78, 5) is 3.99. The predicted octanol–water partition coefficient (Wildman–Crippen LogP) is 4.21. The maximum Gasteiger partial charge on any atom is 0.175 e.